The minimum absolute atomic E-state index is 0.131. The van der Waals surface area contributed by atoms with Crippen molar-refractivity contribution in [3.63, 3.8) is 0 Å². The minimum atomic E-state index is 0.131. The van der Waals surface area contributed by atoms with E-state index in [0.717, 1.165) is 17.9 Å². The zero-order valence-electron chi connectivity index (χ0n) is 9.72. The number of imidazole rings is 1. The normalized spacial score (nSPS) is 12.7. The van der Waals surface area contributed by atoms with E-state index < -0.39 is 0 Å². The van der Waals surface area contributed by atoms with Crippen LogP contribution >= 0.6 is 0 Å². The molecular formula is C13H17N3. The fourth-order valence-electron chi connectivity index (χ4n) is 1.79. The van der Waals surface area contributed by atoms with Gasteiger partial charge in [0.15, 0.2) is 0 Å². The van der Waals surface area contributed by atoms with Crippen LogP contribution < -0.4 is 5.73 Å². The van der Waals surface area contributed by atoms with Gasteiger partial charge in [-0.25, -0.2) is 4.98 Å². The van der Waals surface area contributed by atoms with Gasteiger partial charge in [0.1, 0.15) is 5.82 Å². The van der Waals surface area contributed by atoms with E-state index in [1.807, 2.05) is 19.3 Å². The molecule has 2 rings (SSSR count). The van der Waals surface area contributed by atoms with Crippen LogP contribution in [0.3, 0.4) is 0 Å². The van der Waals surface area contributed by atoms with Crippen LogP contribution in [0.15, 0.2) is 36.7 Å². The topological polar surface area (TPSA) is 43.8 Å². The van der Waals surface area contributed by atoms with Crippen LogP contribution in [0, 0.1) is 6.92 Å². The highest BCUT2D eigenvalue weighted by molar-refractivity contribution is 5.36. The van der Waals surface area contributed by atoms with Gasteiger partial charge in [0, 0.05) is 30.5 Å². The van der Waals surface area contributed by atoms with Gasteiger partial charge in [0.05, 0.1) is 0 Å². The Kier molecular flexibility index (Phi) is 3.06. The van der Waals surface area contributed by atoms with Crippen molar-refractivity contribution in [3.05, 3.63) is 48.0 Å². The molecule has 0 fully saturated rings. The number of hydrogen-bond donors (Lipinski definition) is 1. The third kappa shape index (κ3) is 2.31. The van der Waals surface area contributed by atoms with Crippen molar-refractivity contribution in [1.29, 1.82) is 0 Å². The molecule has 2 N–H and O–H groups in total. The van der Waals surface area contributed by atoms with Gasteiger partial charge in [-0.1, -0.05) is 12.1 Å². The number of nitrogens with two attached hydrogens (primary N) is 1. The Morgan fingerprint density at radius 1 is 1.44 bits per heavy atom. The first-order valence-electron chi connectivity index (χ1n) is 5.51. The van der Waals surface area contributed by atoms with E-state index in [0.29, 0.717) is 0 Å². The van der Waals surface area contributed by atoms with Crippen molar-refractivity contribution >= 4 is 0 Å². The lowest BCUT2D eigenvalue weighted by atomic mass is 10.2. The fraction of sp³-hybridized carbons (Fsp3) is 0.308. The standard InChI is InChI=1S/C13H17N3/c1-10-4-3-5-12(8-10)16-7-6-15-13(16)9-11(2)14/h3-8,11H,9,14H2,1-2H3. The number of hydrogen-bond acceptors (Lipinski definition) is 2. The van der Waals surface area contributed by atoms with Crippen molar-refractivity contribution < 1.29 is 0 Å². The number of aryl methyl sites for hydroxylation is 1. The maximum Gasteiger partial charge on any atom is 0.114 e. The predicted molar refractivity (Wildman–Crippen MR) is 65.7 cm³/mol. The molecule has 1 atom stereocenters. The molecule has 1 aromatic carbocycles. The summed E-state index contributed by atoms with van der Waals surface area (Å²) >= 11 is 0. The van der Waals surface area contributed by atoms with Crippen LogP contribution in [0.5, 0.6) is 0 Å². The van der Waals surface area contributed by atoms with Crippen LogP contribution in [0.2, 0.25) is 0 Å². The highest BCUT2D eigenvalue weighted by atomic mass is 15.1. The molecule has 84 valence electrons. The number of rotatable bonds is 3. The molecule has 1 heterocycles. The predicted octanol–water partition coefficient (Wildman–Crippen LogP) is 2.07. The molecule has 0 amide bonds. The molecular weight excluding hydrogens is 198 g/mol. The monoisotopic (exact) mass is 215 g/mol. The maximum absolute atomic E-state index is 5.81. The second-order valence-electron chi connectivity index (χ2n) is 4.23. The smallest absolute Gasteiger partial charge is 0.114 e. The summed E-state index contributed by atoms with van der Waals surface area (Å²) in [7, 11) is 0. The van der Waals surface area contributed by atoms with E-state index in [1.54, 1.807) is 0 Å². The first-order valence-corrected chi connectivity index (χ1v) is 5.51. The second kappa shape index (κ2) is 4.49. The summed E-state index contributed by atoms with van der Waals surface area (Å²) in [5.74, 6) is 1.01. The molecule has 3 heteroatoms. The number of nitrogens with zero attached hydrogens (tertiary/aromatic N) is 2. The molecule has 1 unspecified atom stereocenters. The lowest BCUT2D eigenvalue weighted by Crippen LogP contribution is -2.20. The third-order valence-electron chi connectivity index (χ3n) is 2.50. The largest absolute Gasteiger partial charge is 0.328 e. The molecule has 0 spiro atoms. The molecule has 0 radical (unpaired) electrons. The Bertz CT molecular complexity index is 472. The van der Waals surface area contributed by atoms with Crippen molar-refractivity contribution in [1.82, 2.24) is 9.55 Å². The van der Waals surface area contributed by atoms with Crippen LogP contribution in [0.4, 0.5) is 0 Å². The Balaban J connectivity index is 2.37. The summed E-state index contributed by atoms with van der Waals surface area (Å²) in [4.78, 5) is 4.35. The van der Waals surface area contributed by atoms with Gasteiger partial charge in [0.25, 0.3) is 0 Å². The Labute approximate surface area is 95.9 Å². The molecule has 0 aliphatic rings. The lowest BCUT2D eigenvalue weighted by Gasteiger charge is -2.10. The van der Waals surface area contributed by atoms with Gasteiger partial charge in [0.2, 0.25) is 0 Å². The van der Waals surface area contributed by atoms with Crippen LogP contribution in [0.1, 0.15) is 18.3 Å². The summed E-state index contributed by atoms with van der Waals surface area (Å²) in [5.41, 5.74) is 8.20. The molecule has 3 nitrogen and oxygen atoms in total. The third-order valence-corrected chi connectivity index (χ3v) is 2.50. The molecule has 0 saturated carbocycles. The molecule has 16 heavy (non-hydrogen) atoms. The van der Waals surface area contributed by atoms with Crippen LogP contribution in [-0.4, -0.2) is 15.6 Å². The molecule has 0 aliphatic carbocycles. The number of aromatic nitrogens is 2. The van der Waals surface area contributed by atoms with Gasteiger partial charge in [-0.05, 0) is 31.5 Å². The van der Waals surface area contributed by atoms with Gasteiger partial charge >= 0.3 is 0 Å². The van der Waals surface area contributed by atoms with Crippen molar-refractivity contribution in [2.75, 3.05) is 0 Å². The Morgan fingerprint density at radius 3 is 2.94 bits per heavy atom. The van der Waals surface area contributed by atoms with Gasteiger partial charge < -0.3 is 10.3 Å². The second-order valence-corrected chi connectivity index (χ2v) is 4.23. The Hall–Kier alpha value is -1.61. The summed E-state index contributed by atoms with van der Waals surface area (Å²) in [6, 6.07) is 8.50. The fourth-order valence-corrected chi connectivity index (χ4v) is 1.79. The molecule has 2 aromatic rings. The summed E-state index contributed by atoms with van der Waals surface area (Å²) in [6.07, 6.45) is 4.59. The highest BCUT2D eigenvalue weighted by Crippen LogP contribution is 2.13. The molecule has 0 saturated heterocycles. The average Bonchev–Trinajstić information content (AvgIpc) is 2.65. The van der Waals surface area contributed by atoms with Gasteiger partial charge in [-0.2, -0.15) is 0 Å². The maximum atomic E-state index is 5.81. The van der Waals surface area contributed by atoms with E-state index in [4.69, 9.17) is 5.73 Å². The zero-order chi connectivity index (χ0) is 11.5. The lowest BCUT2D eigenvalue weighted by molar-refractivity contribution is 0.692. The minimum Gasteiger partial charge on any atom is -0.328 e. The highest BCUT2D eigenvalue weighted by Gasteiger charge is 2.06. The van der Waals surface area contributed by atoms with Gasteiger partial charge in [-0.15, -0.1) is 0 Å². The van der Waals surface area contributed by atoms with Crippen LogP contribution in [0.25, 0.3) is 5.69 Å². The van der Waals surface area contributed by atoms with Crippen molar-refractivity contribution in [2.24, 2.45) is 5.73 Å². The van der Waals surface area contributed by atoms with Crippen LogP contribution in [-0.2, 0) is 6.42 Å². The zero-order valence-corrected chi connectivity index (χ0v) is 9.72. The van der Waals surface area contributed by atoms with Crippen molar-refractivity contribution in [3.8, 4) is 5.69 Å². The SMILES string of the molecule is Cc1cccc(-n2ccnc2CC(C)N)c1. The molecule has 0 aliphatic heterocycles. The summed E-state index contributed by atoms with van der Waals surface area (Å²) in [5, 5.41) is 0. The molecule has 1 aromatic heterocycles. The van der Waals surface area contributed by atoms with E-state index in [1.165, 1.54) is 5.56 Å². The van der Waals surface area contributed by atoms with E-state index in [-0.39, 0.29) is 6.04 Å². The molecule has 0 bridgehead atoms. The quantitative estimate of drug-likeness (QED) is 0.851. The van der Waals surface area contributed by atoms with Crippen molar-refractivity contribution in [2.45, 2.75) is 26.3 Å². The number of benzene rings is 1. The summed E-state index contributed by atoms with van der Waals surface area (Å²) in [6.45, 7) is 4.08. The van der Waals surface area contributed by atoms with E-state index in [2.05, 4.69) is 40.7 Å². The average molecular weight is 215 g/mol. The Morgan fingerprint density at radius 2 is 2.25 bits per heavy atom. The summed E-state index contributed by atoms with van der Waals surface area (Å²) < 4.78 is 2.09. The first kappa shape index (κ1) is 10.9. The first-order chi connectivity index (χ1) is 7.66. The van der Waals surface area contributed by atoms with E-state index >= 15 is 0 Å². The van der Waals surface area contributed by atoms with Gasteiger partial charge in [-0.3, -0.25) is 0 Å². The van der Waals surface area contributed by atoms with E-state index in [9.17, 15) is 0 Å².